The van der Waals surface area contributed by atoms with Gasteiger partial charge >= 0.3 is 5.97 Å². The summed E-state index contributed by atoms with van der Waals surface area (Å²) in [6.07, 6.45) is 8.10. The van der Waals surface area contributed by atoms with Gasteiger partial charge in [0, 0.05) is 35.3 Å². The van der Waals surface area contributed by atoms with Crippen LogP contribution in [0.5, 0.6) is 0 Å². The third kappa shape index (κ3) is 4.83. The van der Waals surface area contributed by atoms with Crippen LogP contribution in [0.4, 0.5) is 0 Å². The number of carbonyl (C=O) groups excluding carboxylic acids is 2. The van der Waals surface area contributed by atoms with Crippen LogP contribution in [0.15, 0.2) is 48.4 Å². The molecule has 0 aliphatic carbocycles. The molecule has 1 heterocycles. The van der Waals surface area contributed by atoms with E-state index in [0.29, 0.717) is 0 Å². The predicted molar refractivity (Wildman–Crippen MR) is 98.2 cm³/mol. The first-order valence-electron chi connectivity index (χ1n) is 8.44. The second-order valence-electron chi connectivity index (χ2n) is 5.63. The first-order valence-corrected chi connectivity index (χ1v) is 8.44. The van der Waals surface area contributed by atoms with Crippen molar-refractivity contribution in [3.63, 3.8) is 0 Å². The molecule has 0 atom stereocenters. The molecule has 0 aliphatic heterocycles. The highest BCUT2D eigenvalue weighted by Gasteiger charge is 2.10. The first kappa shape index (κ1) is 18.5. The highest BCUT2D eigenvalue weighted by atomic mass is 16.5. The van der Waals surface area contributed by atoms with Gasteiger partial charge in [-0.1, -0.05) is 31.5 Å². The summed E-state index contributed by atoms with van der Waals surface area (Å²) >= 11 is 0. The lowest BCUT2D eigenvalue weighted by molar-refractivity contribution is -0.141. The topological polar surface area (TPSA) is 68.5 Å². The van der Waals surface area contributed by atoms with Crippen LogP contribution in [0.25, 0.3) is 17.0 Å². The van der Waals surface area contributed by atoms with E-state index in [1.807, 2.05) is 24.4 Å². The average Bonchev–Trinajstić information content (AvgIpc) is 2.96. The molecule has 5 heteroatoms. The van der Waals surface area contributed by atoms with Crippen molar-refractivity contribution in [2.24, 2.45) is 0 Å². The van der Waals surface area contributed by atoms with E-state index in [1.54, 1.807) is 13.0 Å². The molecule has 0 radical (unpaired) electrons. The molecule has 132 valence electrons. The number of hydrogen-bond acceptors (Lipinski definition) is 4. The number of benzene rings is 1. The number of allylic oxidation sites excluding steroid dienone is 2. The third-order valence-corrected chi connectivity index (χ3v) is 3.76. The van der Waals surface area contributed by atoms with E-state index in [1.165, 1.54) is 6.08 Å². The number of aryl methyl sites for hydroxylation is 1. The van der Waals surface area contributed by atoms with E-state index in [4.69, 9.17) is 0 Å². The van der Waals surface area contributed by atoms with Crippen molar-refractivity contribution in [2.75, 3.05) is 6.61 Å². The SMILES string of the molecule is CCCCn1cc(/C=C/C(=O)/C=C(\O)C(=O)OCC)c2ccccc21. The van der Waals surface area contributed by atoms with Crippen molar-refractivity contribution in [2.45, 2.75) is 33.2 Å². The summed E-state index contributed by atoms with van der Waals surface area (Å²) in [6.45, 7) is 4.83. The van der Waals surface area contributed by atoms with E-state index in [9.17, 15) is 14.7 Å². The summed E-state index contributed by atoms with van der Waals surface area (Å²) in [5, 5.41) is 10.6. The van der Waals surface area contributed by atoms with Crippen LogP contribution < -0.4 is 0 Å². The quantitative estimate of drug-likeness (QED) is 0.447. The van der Waals surface area contributed by atoms with Gasteiger partial charge in [0.25, 0.3) is 0 Å². The van der Waals surface area contributed by atoms with Crippen LogP contribution in [0, 0.1) is 0 Å². The minimum Gasteiger partial charge on any atom is -0.502 e. The van der Waals surface area contributed by atoms with Gasteiger partial charge in [-0.25, -0.2) is 4.79 Å². The zero-order valence-electron chi connectivity index (χ0n) is 14.6. The van der Waals surface area contributed by atoms with Gasteiger partial charge in [-0.2, -0.15) is 0 Å². The van der Waals surface area contributed by atoms with Gasteiger partial charge in [0.05, 0.1) is 6.61 Å². The number of ether oxygens (including phenoxy) is 1. The van der Waals surface area contributed by atoms with Gasteiger partial charge in [-0.15, -0.1) is 0 Å². The molecule has 0 unspecified atom stereocenters. The molecule has 1 aromatic heterocycles. The number of ketones is 1. The highest BCUT2D eigenvalue weighted by molar-refractivity contribution is 6.06. The third-order valence-electron chi connectivity index (χ3n) is 3.76. The van der Waals surface area contributed by atoms with Crippen molar-refractivity contribution >= 4 is 28.7 Å². The predicted octanol–water partition coefficient (Wildman–Crippen LogP) is 4.03. The van der Waals surface area contributed by atoms with E-state index in [0.717, 1.165) is 41.9 Å². The van der Waals surface area contributed by atoms with Crippen molar-refractivity contribution in [3.8, 4) is 0 Å². The number of esters is 1. The summed E-state index contributed by atoms with van der Waals surface area (Å²) in [4.78, 5) is 23.2. The molecule has 1 aromatic carbocycles. The van der Waals surface area contributed by atoms with Gasteiger partial charge < -0.3 is 14.4 Å². The average molecular weight is 341 g/mol. The van der Waals surface area contributed by atoms with E-state index < -0.39 is 17.5 Å². The number of carbonyl (C=O) groups is 2. The van der Waals surface area contributed by atoms with Crippen LogP contribution in [0.3, 0.4) is 0 Å². The minimum atomic E-state index is -0.902. The number of hydrogen-bond donors (Lipinski definition) is 1. The summed E-state index contributed by atoms with van der Waals surface area (Å²) in [5.74, 6) is -2.07. The second kappa shape index (κ2) is 8.87. The Morgan fingerprint density at radius 2 is 2.00 bits per heavy atom. The van der Waals surface area contributed by atoms with Crippen molar-refractivity contribution in [1.29, 1.82) is 0 Å². The first-order chi connectivity index (χ1) is 12.1. The molecule has 2 aromatic rings. The number of para-hydroxylation sites is 1. The lowest BCUT2D eigenvalue weighted by Crippen LogP contribution is -2.08. The Balaban J connectivity index is 2.22. The van der Waals surface area contributed by atoms with Gasteiger partial charge in [0.1, 0.15) is 0 Å². The van der Waals surface area contributed by atoms with Gasteiger partial charge in [0.2, 0.25) is 5.76 Å². The zero-order chi connectivity index (χ0) is 18.2. The van der Waals surface area contributed by atoms with Gasteiger partial charge in [0.15, 0.2) is 5.78 Å². The molecule has 0 amide bonds. The largest absolute Gasteiger partial charge is 0.502 e. The molecule has 0 bridgehead atoms. The standard InChI is InChI=1S/C20H23NO4/c1-3-5-12-21-14-15(17-8-6-7-9-18(17)21)10-11-16(22)13-19(23)20(24)25-4-2/h6-11,13-14,23H,3-5,12H2,1-2H3/b11-10+,19-13-. The fourth-order valence-corrected chi connectivity index (χ4v) is 2.54. The number of fused-ring (bicyclic) bond motifs is 1. The molecular formula is C20H23NO4. The molecule has 1 N–H and O–H groups in total. The number of unbranched alkanes of at least 4 members (excludes halogenated alkanes) is 1. The van der Waals surface area contributed by atoms with E-state index >= 15 is 0 Å². The minimum absolute atomic E-state index is 0.137. The lowest BCUT2D eigenvalue weighted by Gasteiger charge is -2.02. The Bertz CT molecular complexity index is 814. The summed E-state index contributed by atoms with van der Waals surface area (Å²) in [5.41, 5.74) is 2.04. The molecule has 0 saturated carbocycles. The normalized spacial score (nSPS) is 12.0. The number of aliphatic hydroxyl groups excluding tert-OH is 1. The van der Waals surface area contributed by atoms with Crippen LogP contribution in [0.1, 0.15) is 32.3 Å². The summed E-state index contributed by atoms with van der Waals surface area (Å²) in [6, 6.07) is 8.01. The number of aliphatic hydroxyl groups is 1. The van der Waals surface area contributed by atoms with E-state index in [-0.39, 0.29) is 6.61 Å². The van der Waals surface area contributed by atoms with Gasteiger partial charge in [-0.3, -0.25) is 4.79 Å². The summed E-state index contributed by atoms with van der Waals surface area (Å²) in [7, 11) is 0. The molecule has 0 aliphatic rings. The zero-order valence-corrected chi connectivity index (χ0v) is 14.6. The van der Waals surface area contributed by atoms with E-state index in [2.05, 4.69) is 22.3 Å². The molecule has 0 spiro atoms. The number of aromatic nitrogens is 1. The Morgan fingerprint density at radius 3 is 2.72 bits per heavy atom. The lowest BCUT2D eigenvalue weighted by atomic mass is 10.1. The molecule has 5 nitrogen and oxygen atoms in total. The molecule has 25 heavy (non-hydrogen) atoms. The second-order valence-corrected chi connectivity index (χ2v) is 5.63. The van der Waals surface area contributed by atoms with Crippen molar-refractivity contribution in [1.82, 2.24) is 4.57 Å². The summed E-state index contributed by atoms with van der Waals surface area (Å²) < 4.78 is 6.80. The van der Waals surface area contributed by atoms with Crippen molar-refractivity contribution in [3.05, 3.63) is 53.9 Å². The van der Waals surface area contributed by atoms with Crippen LogP contribution in [-0.4, -0.2) is 28.0 Å². The maximum atomic E-state index is 11.9. The molecule has 2 rings (SSSR count). The fourth-order valence-electron chi connectivity index (χ4n) is 2.54. The smallest absolute Gasteiger partial charge is 0.373 e. The number of nitrogens with zero attached hydrogens (tertiary/aromatic N) is 1. The monoisotopic (exact) mass is 341 g/mol. The Labute approximate surface area is 147 Å². The molecule has 0 fully saturated rings. The Morgan fingerprint density at radius 1 is 1.24 bits per heavy atom. The van der Waals surface area contributed by atoms with Crippen LogP contribution in [0.2, 0.25) is 0 Å². The number of rotatable bonds is 8. The molecule has 0 saturated heterocycles. The van der Waals surface area contributed by atoms with Crippen LogP contribution >= 0.6 is 0 Å². The Hall–Kier alpha value is -2.82. The van der Waals surface area contributed by atoms with Gasteiger partial charge in [-0.05, 0) is 31.6 Å². The maximum Gasteiger partial charge on any atom is 0.373 e. The fraction of sp³-hybridized carbons (Fsp3) is 0.300. The molecular weight excluding hydrogens is 318 g/mol. The Kier molecular flexibility index (Phi) is 6.57. The highest BCUT2D eigenvalue weighted by Crippen LogP contribution is 2.23. The van der Waals surface area contributed by atoms with Crippen LogP contribution in [-0.2, 0) is 20.9 Å². The maximum absolute atomic E-state index is 11.9. The van der Waals surface area contributed by atoms with Crippen molar-refractivity contribution < 1.29 is 19.4 Å².